The zero-order valence-corrected chi connectivity index (χ0v) is 19.5. The molecule has 1 aliphatic heterocycles. The first kappa shape index (κ1) is 21.8. The van der Waals surface area contributed by atoms with Gasteiger partial charge in [-0.3, -0.25) is 24.7 Å². The third-order valence-electron chi connectivity index (χ3n) is 6.56. The number of pyridine rings is 2. The predicted molar refractivity (Wildman–Crippen MR) is 136 cm³/mol. The summed E-state index contributed by atoms with van der Waals surface area (Å²) in [5, 5.41) is 17.9. The lowest BCUT2D eigenvalue weighted by atomic mass is 10.1. The quantitative estimate of drug-likeness (QED) is 0.395. The van der Waals surface area contributed by atoms with Crippen molar-refractivity contribution in [3.8, 4) is 6.07 Å². The number of benzene rings is 1. The zero-order valence-electron chi connectivity index (χ0n) is 19.5. The van der Waals surface area contributed by atoms with Gasteiger partial charge in [0.1, 0.15) is 11.6 Å². The van der Waals surface area contributed by atoms with Gasteiger partial charge in [0.05, 0.1) is 29.0 Å². The highest BCUT2D eigenvalue weighted by Crippen LogP contribution is 2.25. The second-order valence-electron chi connectivity index (χ2n) is 8.79. The van der Waals surface area contributed by atoms with E-state index in [2.05, 4.69) is 32.3 Å². The highest BCUT2D eigenvalue weighted by molar-refractivity contribution is 6.30. The average Bonchev–Trinajstić information content (AvgIpc) is 3.40. The fraction of sp³-hybridized carbons (Fsp3) is 0.138. The van der Waals surface area contributed by atoms with Crippen LogP contribution in [0.15, 0.2) is 84.1 Å². The number of carbonyl (C=O) groups excluding carboxylic acids is 1. The van der Waals surface area contributed by atoms with Crippen molar-refractivity contribution in [1.29, 1.82) is 5.26 Å². The number of nitrogens with one attached hydrogen (secondary N) is 1. The SMILES string of the molecule is N#CC1=c2c(c3cccc4c(=NCCN(Cc5ccccn5)Cc5ccccn5)ccc2=c34)NC1=O. The minimum Gasteiger partial charge on any atom is -0.320 e. The van der Waals surface area contributed by atoms with Gasteiger partial charge in [0.15, 0.2) is 0 Å². The van der Waals surface area contributed by atoms with E-state index >= 15 is 0 Å². The van der Waals surface area contributed by atoms with E-state index in [-0.39, 0.29) is 11.5 Å². The van der Waals surface area contributed by atoms with E-state index in [0.29, 0.717) is 24.9 Å². The van der Waals surface area contributed by atoms with E-state index in [4.69, 9.17) is 4.99 Å². The molecule has 36 heavy (non-hydrogen) atoms. The van der Waals surface area contributed by atoms with Gasteiger partial charge < -0.3 is 5.32 Å². The van der Waals surface area contributed by atoms with Crippen LogP contribution in [0.5, 0.6) is 0 Å². The standard InChI is InChI=1S/C29H22N6O/c30-16-24-27-22-10-11-25(21-8-5-9-23(26(21)22)28(27)34-29(24)36)33-14-15-35(17-19-6-1-3-12-31-19)18-20-7-2-4-13-32-20/h1-13H,14-15,17-18H2,(H,34,36). The van der Waals surface area contributed by atoms with E-state index in [9.17, 15) is 10.1 Å². The Hall–Kier alpha value is -4.67. The lowest BCUT2D eigenvalue weighted by molar-refractivity contribution is -0.110. The van der Waals surface area contributed by atoms with Crippen molar-refractivity contribution >= 4 is 27.9 Å². The molecule has 0 fully saturated rings. The minimum atomic E-state index is -0.333. The smallest absolute Gasteiger partial charge is 0.267 e. The molecule has 0 saturated heterocycles. The summed E-state index contributed by atoms with van der Waals surface area (Å²) in [6.07, 6.45) is 3.63. The Morgan fingerprint density at radius 3 is 2.25 bits per heavy atom. The van der Waals surface area contributed by atoms with Crippen molar-refractivity contribution in [3.63, 3.8) is 0 Å². The van der Waals surface area contributed by atoms with Crippen molar-refractivity contribution < 1.29 is 4.79 Å². The number of rotatable bonds is 7. The number of hydrogen-bond donors (Lipinski definition) is 1. The Kier molecular flexibility index (Phi) is 5.56. The fourth-order valence-corrected chi connectivity index (χ4v) is 4.97. The summed E-state index contributed by atoms with van der Waals surface area (Å²) in [5.41, 5.74) is 2.91. The number of amides is 1. The molecule has 7 nitrogen and oxygen atoms in total. The average molecular weight is 471 g/mol. The number of aromatic nitrogens is 2. The number of anilines is 1. The molecule has 2 aliphatic carbocycles. The van der Waals surface area contributed by atoms with Crippen molar-refractivity contribution in [2.24, 2.45) is 4.99 Å². The predicted octanol–water partition coefficient (Wildman–Crippen LogP) is 2.74. The van der Waals surface area contributed by atoms with E-state index in [1.807, 2.05) is 73.1 Å². The Labute approximate surface area is 207 Å². The van der Waals surface area contributed by atoms with Crippen molar-refractivity contribution in [1.82, 2.24) is 14.9 Å². The summed E-state index contributed by atoms with van der Waals surface area (Å²) >= 11 is 0. The van der Waals surface area contributed by atoms with Crippen LogP contribution < -0.4 is 15.9 Å². The molecule has 0 atom stereocenters. The molecule has 1 N–H and O–H groups in total. The molecule has 1 amide bonds. The van der Waals surface area contributed by atoms with Crippen LogP contribution in [-0.4, -0.2) is 33.9 Å². The summed E-state index contributed by atoms with van der Waals surface area (Å²) in [6.45, 7) is 2.77. The van der Waals surface area contributed by atoms with Gasteiger partial charge in [-0.2, -0.15) is 5.26 Å². The number of hydrogen-bond acceptors (Lipinski definition) is 6. The van der Waals surface area contributed by atoms with Gasteiger partial charge in [0.2, 0.25) is 0 Å². The van der Waals surface area contributed by atoms with Gasteiger partial charge >= 0.3 is 0 Å². The Morgan fingerprint density at radius 2 is 1.58 bits per heavy atom. The molecule has 6 rings (SSSR count). The number of nitriles is 1. The number of nitrogens with zero attached hydrogens (tertiary/aromatic N) is 5. The van der Waals surface area contributed by atoms with E-state index in [0.717, 1.165) is 50.2 Å². The maximum Gasteiger partial charge on any atom is 0.267 e. The lowest BCUT2D eigenvalue weighted by Crippen LogP contribution is -2.27. The molecule has 7 heteroatoms. The largest absolute Gasteiger partial charge is 0.320 e. The molecule has 0 saturated carbocycles. The second kappa shape index (κ2) is 9.17. The first-order valence-electron chi connectivity index (χ1n) is 11.8. The maximum absolute atomic E-state index is 12.2. The van der Waals surface area contributed by atoms with Crippen LogP contribution in [-0.2, 0) is 17.9 Å². The van der Waals surface area contributed by atoms with Gasteiger partial charge in [0.25, 0.3) is 5.91 Å². The molecule has 0 unspecified atom stereocenters. The van der Waals surface area contributed by atoms with Crippen LogP contribution in [0.2, 0.25) is 0 Å². The minimum absolute atomic E-state index is 0.173. The van der Waals surface area contributed by atoms with E-state index < -0.39 is 0 Å². The monoisotopic (exact) mass is 470 g/mol. The van der Waals surface area contributed by atoms with Gasteiger partial charge in [-0.25, -0.2) is 0 Å². The van der Waals surface area contributed by atoms with Gasteiger partial charge in [-0.1, -0.05) is 36.4 Å². The van der Waals surface area contributed by atoms with E-state index in [1.54, 1.807) is 0 Å². The normalized spacial score (nSPS) is 13.5. The van der Waals surface area contributed by atoms with Gasteiger partial charge in [-0.15, -0.1) is 0 Å². The van der Waals surface area contributed by atoms with Crippen molar-refractivity contribution in [3.05, 3.63) is 112 Å². The number of fused-ring (bicyclic) bond motifs is 3. The van der Waals surface area contributed by atoms with Crippen LogP contribution in [0.1, 0.15) is 11.4 Å². The lowest BCUT2D eigenvalue weighted by Gasteiger charge is -2.20. The molecule has 2 aromatic heterocycles. The molecule has 174 valence electrons. The molecule has 3 heterocycles. The first-order chi connectivity index (χ1) is 17.7. The Morgan fingerprint density at radius 1 is 0.861 bits per heavy atom. The Bertz CT molecular complexity index is 1750. The molecule has 3 aromatic rings. The van der Waals surface area contributed by atoms with Crippen LogP contribution >= 0.6 is 0 Å². The summed E-state index contributed by atoms with van der Waals surface area (Å²) in [7, 11) is 0. The first-order valence-corrected chi connectivity index (χ1v) is 11.8. The van der Waals surface area contributed by atoms with Crippen molar-refractivity contribution in [2.75, 3.05) is 18.4 Å². The third-order valence-corrected chi connectivity index (χ3v) is 6.56. The van der Waals surface area contributed by atoms with Crippen molar-refractivity contribution in [2.45, 2.75) is 13.1 Å². The van der Waals surface area contributed by atoms with Crippen LogP contribution in [0, 0.1) is 21.8 Å². The molecule has 0 spiro atoms. The Balaban J connectivity index is 1.35. The van der Waals surface area contributed by atoms with E-state index in [1.165, 1.54) is 0 Å². The maximum atomic E-state index is 12.2. The van der Waals surface area contributed by atoms with Crippen LogP contribution in [0.4, 0.5) is 5.69 Å². The second-order valence-corrected chi connectivity index (χ2v) is 8.79. The molecule has 0 bridgehead atoms. The summed E-state index contributed by atoms with van der Waals surface area (Å²) in [5.74, 6) is -0.333. The highest BCUT2D eigenvalue weighted by atomic mass is 16.1. The topological polar surface area (TPSA) is 94.3 Å². The van der Waals surface area contributed by atoms with Gasteiger partial charge in [-0.05, 0) is 35.6 Å². The molecule has 3 aliphatic rings. The third kappa shape index (κ3) is 3.84. The molecule has 1 aromatic carbocycles. The fourth-order valence-electron chi connectivity index (χ4n) is 4.97. The van der Waals surface area contributed by atoms with Crippen LogP contribution in [0.25, 0.3) is 16.3 Å². The van der Waals surface area contributed by atoms with Crippen LogP contribution in [0.3, 0.4) is 0 Å². The summed E-state index contributed by atoms with van der Waals surface area (Å²) in [6, 6.07) is 24.0. The summed E-state index contributed by atoms with van der Waals surface area (Å²) < 4.78 is 0. The highest BCUT2D eigenvalue weighted by Gasteiger charge is 2.25. The van der Waals surface area contributed by atoms with Gasteiger partial charge in [0, 0.05) is 53.2 Å². The molecule has 0 radical (unpaired) electrons. The zero-order chi connectivity index (χ0) is 24.5. The summed E-state index contributed by atoms with van der Waals surface area (Å²) in [4.78, 5) is 28.5. The number of carbonyl (C=O) groups is 1. The molecular weight excluding hydrogens is 448 g/mol. The molecular formula is C29H22N6O.